The summed E-state index contributed by atoms with van der Waals surface area (Å²) in [6.07, 6.45) is 2.43. The van der Waals surface area contributed by atoms with Crippen LogP contribution in [-0.4, -0.2) is 35.1 Å². The molecule has 2 heterocycles. The molecule has 8 heteroatoms. The van der Waals surface area contributed by atoms with Crippen molar-refractivity contribution in [2.45, 2.75) is 11.3 Å². The van der Waals surface area contributed by atoms with Crippen LogP contribution in [0.3, 0.4) is 0 Å². The Bertz CT molecular complexity index is 1460. The van der Waals surface area contributed by atoms with E-state index in [4.69, 9.17) is 0 Å². The average molecular weight is 434 g/mol. The Labute approximate surface area is 178 Å². The molecule has 7 nitrogen and oxygen atoms in total. The van der Waals surface area contributed by atoms with E-state index in [0.29, 0.717) is 11.3 Å². The molecule has 31 heavy (non-hydrogen) atoms. The topological polar surface area (TPSA) is 106 Å². The van der Waals surface area contributed by atoms with E-state index in [1.165, 1.54) is 35.0 Å². The van der Waals surface area contributed by atoms with Crippen molar-refractivity contribution < 1.29 is 18.3 Å². The first-order chi connectivity index (χ1) is 14.8. The van der Waals surface area contributed by atoms with E-state index < -0.39 is 26.9 Å². The summed E-state index contributed by atoms with van der Waals surface area (Å²) in [4.78, 5) is 30.7. The highest BCUT2D eigenvalue weighted by Crippen LogP contribution is 2.27. The molecule has 0 atom stereocenters. The fourth-order valence-corrected chi connectivity index (χ4v) is 4.03. The second-order valence-electron chi connectivity index (χ2n) is 7.09. The lowest BCUT2D eigenvalue weighted by atomic mass is 10.0. The van der Waals surface area contributed by atoms with Gasteiger partial charge < -0.3 is 5.11 Å². The van der Waals surface area contributed by atoms with E-state index >= 15 is 0 Å². The van der Waals surface area contributed by atoms with Crippen molar-refractivity contribution in [1.29, 1.82) is 0 Å². The SMILES string of the molecule is CS(=O)(=O)c1ccc(CC(=O)c2c(O)c3cccnc3n(-c3ccccc3)c2=O)cc1. The number of benzene rings is 2. The van der Waals surface area contributed by atoms with Crippen molar-refractivity contribution in [3.8, 4) is 11.4 Å². The number of fused-ring (bicyclic) bond motifs is 1. The van der Waals surface area contributed by atoms with Crippen molar-refractivity contribution >= 4 is 26.7 Å². The maximum atomic E-state index is 13.3. The summed E-state index contributed by atoms with van der Waals surface area (Å²) in [6.45, 7) is 0. The Morgan fingerprint density at radius 3 is 2.32 bits per heavy atom. The van der Waals surface area contributed by atoms with Crippen molar-refractivity contribution in [1.82, 2.24) is 9.55 Å². The van der Waals surface area contributed by atoms with Gasteiger partial charge in [0.05, 0.1) is 16.0 Å². The van der Waals surface area contributed by atoms with Crippen LogP contribution in [0.4, 0.5) is 0 Å². The fraction of sp³-hybridized carbons (Fsp3) is 0.0870. The van der Waals surface area contributed by atoms with E-state index in [2.05, 4.69) is 4.98 Å². The lowest BCUT2D eigenvalue weighted by Gasteiger charge is -2.14. The normalized spacial score (nSPS) is 11.5. The van der Waals surface area contributed by atoms with Gasteiger partial charge in [0.1, 0.15) is 11.3 Å². The number of aromatic hydroxyl groups is 1. The lowest BCUT2D eigenvalue weighted by Crippen LogP contribution is -2.27. The molecule has 2 aromatic heterocycles. The standard InChI is InChI=1S/C23H18N2O5S/c1-31(29,30)17-11-9-15(10-12-17)14-19(26)20-21(27)18-8-5-13-24-22(18)25(23(20)28)16-6-3-2-4-7-16/h2-13,27H,14H2,1H3. The molecule has 0 saturated carbocycles. The number of sulfone groups is 1. The molecule has 0 radical (unpaired) electrons. The van der Waals surface area contributed by atoms with E-state index in [1.54, 1.807) is 42.5 Å². The van der Waals surface area contributed by atoms with Gasteiger partial charge in [-0.2, -0.15) is 0 Å². The summed E-state index contributed by atoms with van der Waals surface area (Å²) < 4.78 is 24.5. The summed E-state index contributed by atoms with van der Waals surface area (Å²) in [5.41, 5.74) is 0.269. The van der Waals surface area contributed by atoms with Crippen LogP contribution in [0.5, 0.6) is 5.75 Å². The van der Waals surface area contributed by atoms with Gasteiger partial charge in [0.2, 0.25) is 0 Å². The monoisotopic (exact) mass is 434 g/mol. The van der Waals surface area contributed by atoms with Gasteiger partial charge in [0.15, 0.2) is 21.3 Å². The molecule has 0 aliphatic carbocycles. The van der Waals surface area contributed by atoms with E-state index in [0.717, 1.165) is 6.26 Å². The van der Waals surface area contributed by atoms with E-state index in [-0.39, 0.29) is 27.9 Å². The van der Waals surface area contributed by atoms with Crippen molar-refractivity contribution in [2.75, 3.05) is 6.26 Å². The lowest BCUT2D eigenvalue weighted by molar-refractivity contribution is 0.0989. The molecule has 4 aromatic rings. The minimum absolute atomic E-state index is 0.134. The quantitative estimate of drug-likeness (QED) is 0.484. The smallest absolute Gasteiger partial charge is 0.271 e. The van der Waals surface area contributed by atoms with Crippen molar-refractivity contribution in [2.24, 2.45) is 0 Å². The van der Waals surface area contributed by atoms with Gasteiger partial charge in [-0.15, -0.1) is 0 Å². The number of pyridine rings is 2. The van der Waals surface area contributed by atoms with Gasteiger partial charge in [-0.1, -0.05) is 30.3 Å². The van der Waals surface area contributed by atoms with Crippen LogP contribution in [-0.2, 0) is 16.3 Å². The number of hydrogen-bond acceptors (Lipinski definition) is 6. The van der Waals surface area contributed by atoms with Gasteiger partial charge in [0.25, 0.3) is 5.56 Å². The van der Waals surface area contributed by atoms with Crippen LogP contribution >= 0.6 is 0 Å². The molecular weight excluding hydrogens is 416 g/mol. The zero-order chi connectivity index (χ0) is 22.2. The first kappa shape index (κ1) is 20.5. The number of Topliss-reactive ketones (excluding diaryl/α,β-unsaturated/α-hetero) is 1. The molecule has 0 saturated heterocycles. The summed E-state index contributed by atoms with van der Waals surface area (Å²) in [7, 11) is -3.36. The minimum atomic E-state index is -3.36. The Kier molecular flexibility index (Phi) is 5.16. The Morgan fingerprint density at radius 2 is 1.68 bits per heavy atom. The van der Waals surface area contributed by atoms with Crippen LogP contribution in [0, 0.1) is 0 Å². The Balaban J connectivity index is 1.84. The van der Waals surface area contributed by atoms with Crippen LogP contribution in [0.1, 0.15) is 15.9 Å². The molecule has 0 fully saturated rings. The van der Waals surface area contributed by atoms with Crippen molar-refractivity contribution in [3.05, 3.63) is 94.4 Å². The van der Waals surface area contributed by atoms with E-state index in [1.807, 2.05) is 0 Å². The van der Waals surface area contributed by atoms with Crippen LogP contribution in [0.15, 0.2) is 82.6 Å². The zero-order valence-electron chi connectivity index (χ0n) is 16.5. The molecule has 0 amide bonds. The largest absolute Gasteiger partial charge is 0.506 e. The molecule has 0 spiro atoms. The number of nitrogens with zero attached hydrogens (tertiary/aromatic N) is 2. The number of rotatable bonds is 5. The second kappa shape index (κ2) is 7.81. The molecule has 156 valence electrons. The highest BCUT2D eigenvalue weighted by atomic mass is 32.2. The first-order valence-electron chi connectivity index (χ1n) is 9.37. The molecule has 0 aliphatic heterocycles. The number of ketones is 1. The van der Waals surface area contributed by atoms with E-state index in [9.17, 15) is 23.1 Å². The maximum Gasteiger partial charge on any atom is 0.271 e. The van der Waals surface area contributed by atoms with Gasteiger partial charge in [0, 0.05) is 18.9 Å². The average Bonchev–Trinajstić information content (AvgIpc) is 2.74. The first-order valence-corrected chi connectivity index (χ1v) is 11.3. The molecule has 0 aliphatic rings. The molecule has 2 aromatic carbocycles. The van der Waals surface area contributed by atoms with Gasteiger partial charge >= 0.3 is 0 Å². The summed E-state index contributed by atoms with van der Waals surface area (Å²) in [6, 6.07) is 17.8. The maximum absolute atomic E-state index is 13.3. The molecule has 0 unspecified atom stereocenters. The molecule has 4 rings (SSSR count). The number of para-hydroxylation sites is 1. The zero-order valence-corrected chi connectivity index (χ0v) is 17.3. The molecule has 0 bridgehead atoms. The number of aromatic nitrogens is 2. The highest BCUT2D eigenvalue weighted by molar-refractivity contribution is 7.90. The predicted molar refractivity (Wildman–Crippen MR) is 117 cm³/mol. The third-order valence-electron chi connectivity index (χ3n) is 4.92. The Hall–Kier alpha value is -3.78. The highest BCUT2D eigenvalue weighted by Gasteiger charge is 2.23. The fourth-order valence-electron chi connectivity index (χ4n) is 3.40. The van der Waals surface area contributed by atoms with Gasteiger partial charge in [-0.05, 0) is 42.0 Å². The third-order valence-corrected chi connectivity index (χ3v) is 6.05. The minimum Gasteiger partial charge on any atom is -0.506 e. The van der Waals surface area contributed by atoms with Gasteiger partial charge in [-0.25, -0.2) is 13.4 Å². The summed E-state index contributed by atoms with van der Waals surface area (Å²) in [5.74, 6) is -0.997. The Morgan fingerprint density at radius 1 is 1.00 bits per heavy atom. The van der Waals surface area contributed by atoms with Crippen LogP contribution < -0.4 is 5.56 Å². The van der Waals surface area contributed by atoms with Crippen molar-refractivity contribution in [3.63, 3.8) is 0 Å². The molecule has 1 N–H and O–H groups in total. The van der Waals surface area contributed by atoms with Gasteiger partial charge in [-0.3, -0.25) is 14.2 Å². The summed E-state index contributed by atoms with van der Waals surface area (Å²) in [5, 5.41) is 11.0. The summed E-state index contributed by atoms with van der Waals surface area (Å²) >= 11 is 0. The number of carbonyl (C=O) groups is 1. The second-order valence-corrected chi connectivity index (χ2v) is 9.11. The van der Waals surface area contributed by atoms with Crippen LogP contribution in [0.25, 0.3) is 16.7 Å². The predicted octanol–water partition coefficient (Wildman–Crippen LogP) is 2.92. The van der Waals surface area contributed by atoms with Crippen LogP contribution in [0.2, 0.25) is 0 Å². The number of carbonyl (C=O) groups excluding carboxylic acids is 1. The molecular formula is C23H18N2O5S. The third kappa shape index (κ3) is 3.85. The number of hydrogen-bond donors (Lipinski definition) is 1.